The fraction of sp³-hybridized carbons (Fsp3) is 0.0588. The van der Waals surface area contributed by atoms with Gasteiger partial charge in [-0.1, -0.05) is 48.5 Å². The molecule has 0 saturated carbocycles. The summed E-state index contributed by atoms with van der Waals surface area (Å²) in [6, 6.07) is 18.1. The van der Waals surface area contributed by atoms with Gasteiger partial charge in [-0.15, -0.1) is 0 Å². The monoisotopic (exact) mass is 277 g/mol. The number of rotatable bonds is 5. The molecule has 21 heavy (non-hydrogen) atoms. The molecule has 0 bridgehead atoms. The molecule has 0 aliphatic rings. The Balaban J connectivity index is 2.16. The topological polar surface area (TPSA) is 78.9 Å². The molecular formula is C17H15N3O. The molecule has 0 aromatic heterocycles. The number of nitriles is 1. The van der Waals surface area contributed by atoms with Crippen LogP contribution in [0.2, 0.25) is 0 Å². The zero-order valence-corrected chi connectivity index (χ0v) is 11.4. The fourth-order valence-electron chi connectivity index (χ4n) is 1.89. The van der Waals surface area contributed by atoms with Crippen molar-refractivity contribution in [2.24, 2.45) is 5.73 Å². The van der Waals surface area contributed by atoms with Crippen LogP contribution >= 0.6 is 0 Å². The third-order valence-corrected chi connectivity index (χ3v) is 2.92. The summed E-state index contributed by atoms with van der Waals surface area (Å²) in [4.78, 5) is 11.4. The molecule has 2 aromatic rings. The number of anilines is 1. The second-order valence-electron chi connectivity index (χ2n) is 4.43. The van der Waals surface area contributed by atoms with Crippen LogP contribution in [0.4, 0.5) is 5.69 Å². The van der Waals surface area contributed by atoms with Crippen LogP contribution in [0.1, 0.15) is 15.9 Å². The van der Waals surface area contributed by atoms with E-state index in [-0.39, 0.29) is 0 Å². The number of nitrogens with one attached hydrogen (secondary N) is 1. The fourth-order valence-corrected chi connectivity index (χ4v) is 1.89. The molecule has 1 atom stereocenters. The van der Waals surface area contributed by atoms with E-state index in [0.717, 1.165) is 5.56 Å². The molecule has 0 aliphatic heterocycles. The summed E-state index contributed by atoms with van der Waals surface area (Å²) in [7, 11) is 0. The van der Waals surface area contributed by atoms with E-state index in [4.69, 9.17) is 5.73 Å². The van der Waals surface area contributed by atoms with Crippen molar-refractivity contribution in [3.63, 3.8) is 0 Å². The van der Waals surface area contributed by atoms with E-state index in [2.05, 4.69) is 11.4 Å². The molecule has 0 aliphatic carbocycles. The van der Waals surface area contributed by atoms with Crippen molar-refractivity contribution < 1.29 is 4.79 Å². The van der Waals surface area contributed by atoms with Gasteiger partial charge in [0.2, 0.25) is 0 Å². The normalized spacial score (nSPS) is 11.8. The van der Waals surface area contributed by atoms with Crippen molar-refractivity contribution >= 4 is 17.7 Å². The van der Waals surface area contributed by atoms with Gasteiger partial charge in [-0.3, -0.25) is 4.79 Å². The van der Waals surface area contributed by atoms with Gasteiger partial charge in [0.05, 0.1) is 11.6 Å². The van der Waals surface area contributed by atoms with Crippen molar-refractivity contribution in [2.45, 2.75) is 6.04 Å². The highest BCUT2D eigenvalue weighted by Gasteiger charge is 2.10. The van der Waals surface area contributed by atoms with Crippen LogP contribution in [-0.4, -0.2) is 11.9 Å². The first-order valence-electron chi connectivity index (χ1n) is 6.49. The van der Waals surface area contributed by atoms with Crippen LogP contribution in [0.25, 0.3) is 6.08 Å². The summed E-state index contributed by atoms with van der Waals surface area (Å²) in [6.07, 6.45) is 3.60. The molecule has 4 heteroatoms. The molecule has 4 nitrogen and oxygen atoms in total. The summed E-state index contributed by atoms with van der Waals surface area (Å²) in [5.74, 6) is -0.526. The SMILES string of the molecule is N#CC(/C=C/c1ccccc1)Nc1ccccc1C(N)=O. The van der Waals surface area contributed by atoms with Gasteiger partial charge in [0.25, 0.3) is 5.91 Å². The van der Waals surface area contributed by atoms with Gasteiger partial charge >= 0.3 is 0 Å². The molecule has 0 fully saturated rings. The Morgan fingerprint density at radius 1 is 1.14 bits per heavy atom. The smallest absolute Gasteiger partial charge is 0.250 e. The van der Waals surface area contributed by atoms with E-state index in [9.17, 15) is 10.1 Å². The van der Waals surface area contributed by atoms with Crippen molar-refractivity contribution in [2.75, 3.05) is 5.32 Å². The quantitative estimate of drug-likeness (QED) is 0.882. The molecule has 1 unspecified atom stereocenters. The first-order valence-corrected chi connectivity index (χ1v) is 6.49. The second-order valence-corrected chi connectivity index (χ2v) is 4.43. The first-order chi connectivity index (χ1) is 10.2. The van der Waals surface area contributed by atoms with Gasteiger partial charge in [-0.05, 0) is 23.8 Å². The highest BCUT2D eigenvalue weighted by Crippen LogP contribution is 2.16. The maximum Gasteiger partial charge on any atom is 0.250 e. The highest BCUT2D eigenvalue weighted by molar-refractivity contribution is 5.98. The largest absolute Gasteiger partial charge is 0.366 e. The lowest BCUT2D eigenvalue weighted by Crippen LogP contribution is -2.19. The zero-order chi connectivity index (χ0) is 15.1. The molecule has 104 valence electrons. The lowest BCUT2D eigenvalue weighted by atomic mass is 10.1. The minimum absolute atomic E-state index is 0.367. The Kier molecular flexibility index (Phi) is 4.73. The number of hydrogen-bond donors (Lipinski definition) is 2. The van der Waals surface area contributed by atoms with Crippen molar-refractivity contribution in [3.05, 3.63) is 71.8 Å². The van der Waals surface area contributed by atoms with Crippen LogP contribution in [0.5, 0.6) is 0 Å². The average Bonchev–Trinajstić information content (AvgIpc) is 2.52. The Morgan fingerprint density at radius 3 is 2.48 bits per heavy atom. The molecule has 3 N–H and O–H groups in total. The highest BCUT2D eigenvalue weighted by atomic mass is 16.1. The molecule has 0 heterocycles. The Morgan fingerprint density at radius 2 is 1.81 bits per heavy atom. The molecular weight excluding hydrogens is 262 g/mol. The predicted octanol–water partition coefficient (Wildman–Crippen LogP) is 2.80. The van der Waals surface area contributed by atoms with Gasteiger partial charge in [-0.2, -0.15) is 5.26 Å². The van der Waals surface area contributed by atoms with Crippen molar-refractivity contribution in [3.8, 4) is 6.07 Å². The number of amides is 1. The number of primary amides is 1. The van der Waals surface area contributed by atoms with Crippen molar-refractivity contribution in [1.82, 2.24) is 0 Å². The van der Waals surface area contributed by atoms with E-state index in [1.165, 1.54) is 0 Å². The lowest BCUT2D eigenvalue weighted by molar-refractivity contribution is 0.100. The van der Waals surface area contributed by atoms with E-state index < -0.39 is 11.9 Å². The Bertz CT molecular complexity index is 687. The summed E-state index contributed by atoms with van der Waals surface area (Å²) < 4.78 is 0. The van der Waals surface area contributed by atoms with E-state index in [1.807, 2.05) is 36.4 Å². The number of carbonyl (C=O) groups excluding carboxylic acids is 1. The van der Waals surface area contributed by atoms with Crippen LogP contribution in [0, 0.1) is 11.3 Å². The van der Waals surface area contributed by atoms with E-state index in [1.54, 1.807) is 30.3 Å². The van der Waals surface area contributed by atoms with Crippen LogP contribution < -0.4 is 11.1 Å². The standard InChI is InChI=1S/C17H15N3O/c18-12-14(11-10-13-6-2-1-3-7-13)20-16-9-5-4-8-15(16)17(19)21/h1-11,14,20H,(H2,19,21)/b11-10+. The minimum Gasteiger partial charge on any atom is -0.366 e. The third-order valence-electron chi connectivity index (χ3n) is 2.92. The second kappa shape index (κ2) is 6.92. The number of nitrogens with zero attached hydrogens (tertiary/aromatic N) is 1. The maximum absolute atomic E-state index is 11.4. The van der Waals surface area contributed by atoms with Gasteiger partial charge in [0.1, 0.15) is 6.04 Å². The number of benzene rings is 2. The third kappa shape index (κ3) is 3.95. The molecule has 1 amide bonds. The molecule has 0 saturated heterocycles. The Hall–Kier alpha value is -3.06. The summed E-state index contributed by atoms with van der Waals surface area (Å²) in [5.41, 5.74) is 7.24. The van der Waals surface area contributed by atoms with Gasteiger partial charge < -0.3 is 11.1 Å². The van der Waals surface area contributed by atoms with E-state index in [0.29, 0.717) is 11.3 Å². The molecule has 0 radical (unpaired) electrons. The lowest BCUT2D eigenvalue weighted by Gasteiger charge is -2.12. The van der Waals surface area contributed by atoms with Crippen LogP contribution in [0.3, 0.4) is 0 Å². The van der Waals surface area contributed by atoms with Crippen LogP contribution in [0.15, 0.2) is 60.7 Å². The number of carbonyl (C=O) groups is 1. The number of para-hydroxylation sites is 1. The zero-order valence-electron chi connectivity index (χ0n) is 11.4. The van der Waals surface area contributed by atoms with Crippen LogP contribution in [-0.2, 0) is 0 Å². The van der Waals surface area contributed by atoms with Gasteiger partial charge in [-0.25, -0.2) is 0 Å². The maximum atomic E-state index is 11.4. The number of hydrogen-bond acceptors (Lipinski definition) is 3. The van der Waals surface area contributed by atoms with Gasteiger partial charge in [0, 0.05) is 5.69 Å². The first kappa shape index (κ1) is 14.4. The molecule has 2 aromatic carbocycles. The summed E-state index contributed by atoms with van der Waals surface area (Å²) >= 11 is 0. The average molecular weight is 277 g/mol. The summed E-state index contributed by atoms with van der Waals surface area (Å²) in [6.45, 7) is 0. The van der Waals surface area contributed by atoms with Gasteiger partial charge in [0.15, 0.2) is 0 Å². The van der Waals surface area contributed by atoms with E-state index >= 15 is 0 Å². The van der Waals surface area contributed by atoms with Crippen molar-refractivity contribution in [1.29, 1.82) is 5.26 Å². The Labute approximate surface area is 123 Å². The molecule has 2 rings (SSSR count). The molecule has 0 spiro atoms. The predicted molar refractivity (Wildman–Crippen MR) is 83.5 cm³/mol. The number of nitrogens with two attached hydrogens (primary N) is 1. The summed E-state index contributed by atoms with van der Waals surface area (Å²) in [5, 5.41) is 12.2. The minimum atomic E-state index is -0.550.